The Labute approximate surface area is 189 Å². The zero-order chi connectivity index (χ0) is 23.8. The Morgan fingerprint density at radius 1 is 1.18 bits per heavy atom. The van der Waals surface area contributed by atoms with E-state index in [1.165, 1.54) is 28.8 Å². The van der Waals surface area contributed by atoms with E-state index in [2.05, 4.69) is 11.1 Å². The Hall–Kier alpha value is -4.45. The molecule has 8 nitrogen and oxygen atoms in total. The number of aromatic carboxylic acids is 1. The normalized spacial score (nSPS) is 17.7. The highest BCUT2D eigenvalue weighted by Gasteiger charge is 2.50. The first-order valence-corrected chi connectivity index (χ1v) is 10.1. The number of nitrogens with two attached hydrogens (primary N) is 1. The average molecular weight is 445 g/mol. The number of carbonyl (C=O) groups is 2. The molecular formula is C24H20FN5O3. The highest BCUT2D eigenvalue weighted by Crippen LogP contribution is 2.41. The first-order chi connectivity index (χ1) is 15.8. The van der Waals surface area contributed by atoms with Crippen molar-refractivity contribution in [2.45, 2.75) is 12.1 Å². The number of carboxylic acids is 1. The number of carbonyl (C=O) groups excluding carboxylic acids is 1. The smallest absolute Gasteiger partial charge is 0.352 e. The standard InChI is InChI=1S/C24H20FN5O3/c1-29-22(33)24(28-23(29)27,19-12-20(21(31)32)30(14-19)9-8-25)18-7-3-6-17(11-18)16-5-2-4-15(10-16)13-26/h2-7,10-12,14H,8-9H2,1H3,(H2,27,28)(H,31,32). The molecule has 0 saturated heterocycles. The van der Waals surface area contributed by atoms with Crippen LogP contribution in [0.1, 0.15) is 27.2 Å². The topological polar surface area (TPSA) is 125 Å². The van der Waals surface area contributed by atoms with Crippen LogP contribution in [0.3, 0.4) is 0 Å². The van der Waals surface area contributed by atoms with Gasteiger partial charge in [-0.15, -0.1) is 0 Å². The number of aliphatic imine (C=N–C) groups is 1. The van der Waals surface area contributed by atoms with Crippen molar-refractivity contribution in [3.05, 3.63) is 83.2 Å². The van der Waals surface area contributed by atoms with E-state index in [0.29, 0.717) is 11.1 Å². The van der Waals surface area contributed by atoms with Gasteiger partial charge in [-0.05, 0) is 41.0 Å². The van der Waals surface area contributed by atoms with Gasteiger partial charge in [0.05, 0.1) is 18.2 Å². The molecule has 0 aliphatic carbocycles. The van der Waals surface area contributed by atoms with Crippen LogP contribution in [-0.4, -0.2) is 46.1 Å². The van der Waals surface area contributed by atoms with Gasteiger partial charge in [0.15, 0.2) is 11.5 Å². The van der Waals surface area contributed by atoms with Gasteiger partial charge in [-0.3, -0.25) is 9.69 Å². The van der Waals surface area contributed by atoms with Gasteiger partial charge in [-0.25, -0.2) is 14.2 Å². The number of nitrogens with zero attached hydrogens (tertiary/aromatic N) is 4. The molecule has 1 aliphatic rings. The minimum Gasteiger partial charge on any atom is -0.477 e. The molecule has 0 fully saturated rings. The number of alkyl halides is 1. The Kier molecular flexibility index (Phi) is 5.44. The van der Waals surface area contributed by atoms with Crippen LogP contribution in [0.25, 0.3) is 11.1 Å². The largest absolute Gasteiger partial charge is 0.477 e. The SMILES string of the molecule is CN1C(=O)C(c2cccc(-c3cccc(C#N)c3)c2)(c2cc(C(=O)O)n(CCF)c2)N=C1N. The Morgan fingerprint density at radius 3 is 2.48 bits per heavy atom. The van der Waals surface area contributed by atoms with Crippen LogP contribution < -0.4 is 5.73 Å². The summed E-state index contributed by atoms with van der Waals surface area (Å²) in [4.78, 5) is 30.9. The van der Waals surface area contributed by atoms with Crippen molar-refractivity contribution in [2.75, 3.05) is 13.7 Å². The van der Waals surface area contributed by atoms with E-state index in [-0.39, 0.29) is 23.8 Å². The maximum atomic E-state index is 13.5. The summed E-state index contributed by atoms with van der Waals surface area (Å²) < 4.78 is 14.3. The third-order valence-corrected chi connectivity index (χ3v) is 5.70. The number of likely N-dealkylation sites (N-methyl/N-ethyl adjacent to an activating group) is 1. The van der Waals surface area contributed by atoms with Crippen molar-refractivity contribution in [1.82, 2.24) is 9.47 Å². The van der Waals surface area contributed by atoms with Crippen LogP contribution in [-0.2, 0) is 16.9 Å². The third kappa shape index (κ3) is 3.51. The monoisotopic (exact) mass is 445 g/mol. The van der Waals surface area contributed by atoms with Crippen LogP contribution >= 0.6 is 0 Å². The molecule has 2 heterocycles. The van der Waals surface area contributed by atoms with Gasteiger partial charge in [-0.1, -0.05) is 30.3 Å². The zero-order valence-electron chi connectivity index (χ0n) is 17.7. The molecule has 1 atom stereocenters. The highest BCUT2D eigenvalue weighted by atomic mass is 19.1. The summed E-state index contributed by atoms with van der Waals surface area (Å²) in [7, 11) is 1.49. The Bertz CT molecular complexity index is 1340. The minimum atomic E-state index is -1.63. The van der Waals surface area contributed by atoms with Gasteiger partial charge in [0, 0.05) is 18.8 Å². The van der Waals surface area contributed by atoms with E-state index in [9.17, 15) is 24.3 Å². The quantitative estimate of drug-likeness (QED) is 0.604. The summed E-state index contributed by atoms with van der Waals surface area (Å²) in [5.41, 5.74) is 6.95. The molecule has 33 heavy (non-hydrogen) atoms. The third-order valence-electron chi connectivity index (χ3n) is 5.70. The fourth-order valence-electron chi connectivity index (χ4n) is 4.04. The van der Waals surface area contributed by atoms with Gasteiger partial charge in [0.25, 0.3) is 5.91 Å². The lowest BCUT2D eigenvalue weighted by atomic mass is 9.83. The van der Waals surface area contributed by atoms with Crippen molar-refractivity contribution < 1.29 is 19.1 Å². The number of hydrogen-bond donors (Lipinski definition) is 2. The molecule has 0 radical (unpaired) electrons. The number of benzene rings is 2. The predicted octanol–water partition coefficient (Wildman–Crippen LogP) is 2.72. The number of carboxylic acid groups (broad SMARTS) is 1. The van der Waals surface area contributed by atoms with E-state index in [4.69, 9.17) is 5.73 Å². The van der Waals surface area contributed by atoms with Crippen molar-refractivity contribution in [2.24, 2.45) is 10.7 Å². The lowest BCUT2D eigenvalue weighted by Crippen LogP contribution is -2.41. The first kappa shape index (κ1) is 21.8. The van der Waals surface area contributed by atoms with Crippen molar-refractivity contribution in [3.63, 3.8) is 0 Å². The molecule has 1 unspecified atom stereocenters. The lowest BCUT2D eigenvalue weighted by Gasteiger charge is -2.25. The second-order valence-electron chi connectivity index (χ2n) is 7.62. The number of guanidine groups is 1. The van der Waals surface area contributed by atoms with Crippen molar-refractivity contribution in [3.8, 4) is 17.2 Å². The van der Waals surface area contributed by atoms with Gasteiger partial charge in [-0.2, -0.15) is 5.26 Å². The van der Waals surface area contributed by atoms with E-state index in [1.54, 1.807) is 36.4 Å². The predicted molar refractivity (Wildman–Crippen MR) is 119 cm³/mol. The number of aryl methyl sites for hydroxylation is 1. The molecule has 1 amide bonds. The first-order valence-electron chi connectivity index (χ1n) is 10.1. The zero-order valence-corrected chi connectivity index (χ0v) is 17.7. The summed E-state index contributed by atoms with van der Waals surface area (Å²) in [6, 6.07) is 17.5. The summed E-state index contributed by atoms with van der Waals surface area (Å²) in [5.74, 6) is -1.73. The van der Waals surface area contributed by atoms with Crippen LogP contribution in [0.15, 0.2) is 65.8 Å². The average Bonchev–Trinajstić information content (AvgIpc) is 3.35. The summed E-state index contributed by atoms with van der Waals surface area (Å²) in [6.45, 7) is -0.951. The number of nitriles is 1. The molecule has 0 saturated carbocycles. The highest BCUT2D eigenvalue weighted by molar-refractivity contribution is 6.09. The molecule has 9 heteroatoms. The summed E-state index contributed by atoms with van der Waals surface area (Å²) >= 11 is 0. The van der Waals surface area contributed by atoms with E-state index >= 15 is 0 Å². The van der Waals surface area contributed by atoms with Crippen LogP contribution in [0.5, 0.6) is 0 Å². The maximum Gasteiger partial charge on any atom is 0.352 e. The summed E-state index contributed by atoms with van der Waals surface area (Å²) in [5, 5.41) is 18.8. The number of halogens is 1. The van der Waals surface area contributed by atoms with E-state index < -0.39 is 24.1 Å². The van der Waals surface area contributed by atoms with Gasteiger partial charge in [0.1, 0.15) is 12.4 Å². The molecule has 2 aromatic carbocycles. The summed E-state index contributed by atoms with van der Waals surface area (Å²) in [6.07, 6.45) is 1.43. The molecule has 1 aliphatic heterocycles. The van der Waals surface area contributed by atoms with Gasteiger partial charge >= 0.3 is 5.97 Å². The van der Waals surface area contributed by atoms with Crippen LogP contribution in [0.2, 0.25) is 0 Å². The number of rotatable bonds is 6. The molecule has 1 aromatic heterocycles. The molecular weight excluding hydrogens is 425 g/mol. The molecule has 3 N–H and O–H groups in total. The molecule has 4 rings (SSSR count). The number of aromatic nitrogens is 1. The van der Waals surface area contributed by atoms with Crippen molar-refractivity contribution >= 4 is 17.8 Å². The number of hydrogen-bond acceptors (Lipinski definition) is 5. The van der Waals surface area contributed by atoms with Crippen LogP contribution in [0, 0.1) is 11.3 Å². The van der Waals surface area contributed by atoms with E-state index in [1.807, 2.05) is 12.1 Å². The molecule has 0 spiro atoms. The fourth-order valence-corrected chi connectivity index (χ4v) is 4.04. The van der Waals surface area contributed by atoms with E-state index in [0.717, 1.165) is 11.1 Å². The number of amides is 1. The second-order valence-corrected chi connectivity index (χ2v) is 7.62. The lowest BCUT2D eigenvalue weighted by molar-refractivity contribution is -0.129. The Balaban J connectivity index is 1.94. The molecule has 166 valence electrons. The molecule has 3 aromatic rings. The van der Waals surface area contributed by atoms with Crippen LogP contribution in [0.4, 0.5) is 4.39 Å². The molecule has 0 bridgehead atoms. The maximum absolute atomic E-state index is 13.5. The fraction of sp³-hybridized carbons (Fsp3) is 0.167. The minimum absolute atomic E-state index is 0.0213. The van der Waals surface area contributed by atoms with Crippen molar-refractivity contribution in [1.29, 1.82) is 5.26 Å². The van der Waals surface area contributed by atoms with Gasteiger partial charge < -0.3 is 15.4 Å². The second kappa shape index (κ2) is 8.24. The Morgan fingerprint density at radius 2 is 1.88 bits per heavy atom. The van der Waals surface area contributed by atoms with Gasteiger partial charge in [0.2, 0.25) is 0 Å².